The maximum absolute atomic E-state index is 13.4. The molecule has 0 unspecified atom stereocenters. The molecule has 0 radical (unpaired) electrons. The number of hydrogen-bond acceptors (Lipinski definition) is 4. The maximum atomic E-state index is 13.4. The van der Waals surface area contributed by atoms with Gasteiger partial charge in [0.2, 0.25) is 0 Å². The van der Waals surface area contributed by atoms with E-state index < -0.39 is 0 Å². The van der Waals surface area contributed by atoms with Crippen LogP contribution in [0.2, 0.25) is 0 Å². The number of rotatable bonds is 5. The van der Waals surface area contributed by atoms with Crippen molar-refractivity contribution in [1.29, 1.82) is 0 Å². The van der Waals surface area contributed by atoms with Crippen LogP contribution < -0.4 is 0 Å². The molecule has 0 saturated carbocycles. The number of nitrogens with zero attached hydrogens (tertiary/aromatic N) is 3. The predicted octanol–water partition coefficient (Wildman–Crippen LogP) is 6.81. The van der Waals surface area contributed by atoms with E-state index >= 15 is 0 Å². The van der Waals surface area contributed by atoms with E-state index in [0.29, 0.717) is 9.23 Å². The van der Waals surface area contributed by atoms with Gasteiger partial charge in [-0.25, -0.2) is 4.68 Å². The first-order valence-corrected chi connectivity index (χ1v) is 12.3. The Hall–Kier alpha value is -3.48. The number of para-hydroxylation sites is 1. The fourth-order valence-corrected chi connectivity index (χ4v) is 5.39. The summed E-state index contributed by atoms with van der Waals surface area (Å²) >= 11 is 6.96. The third-order valence-corrected chi connectivity index (χ3v) is 7.20. The van der Waals surface area contributed by atoms with E-state index in [-0.39, 0.29) is 11.9 Å². The Morgan fingerprint density at radius 1 is 0.941 bits per heavy atom. The van der Waals surface area contributed by atoms with Gasteiger partial charge < -0.3 is 0 Å². The average Bonchev–Trinajstić information content (AvgIpc) is 3.41. The number of aromatic nitrogens is 2. The Morgan fingerprint density at radius 3 is 2.26 bits per heavy atom. The Balaban J connectivity index is 1.54. The number of aryl methyl sites for hydroxylation is 1. The van der Waals surface area contributed by atoms with Crippen LogP contribution in [0, 0.1) is 6.92 Å². The first-order chi connectivity index (χ1) is 16.5. The lowest BCUT2D eigenvalue weighted by atomic mass is 10.1. The molecule has 0 bridgehead atoms. The van der Waals surface area contributed by atoms with Crippen molar-refractivity contribution in [3.05, 3.63) is 113 Å². The van der Waals surface area contributed by atoms with Gasteiger partial charge in [0, 0.05) is 17.3 Å². The van der Waals surface area contributed by atoms with Crippen molar-refractivity contribution >= 4 is 40.3 Å². The molecule has 0 spiro atoms. The van der Waals surface area contributed by atoms with Gasteiger partial charge in [-0.15, -0.1) is 0 Å². The summed E-state index contributed by atoms with van der Waals surface area (Å²) in [5.41, 5.74) is 5.90. The van der Waals surface area contributed by atoms with Crippen molar-refractivity contribution in [2.75, 3.05) is 0 Å². The van der Waals surface area contributed by atoms with Crippen LogP contribution in [0.25, 0.3) is 23.0 Å². The molecule has 34 heavy (non-hydrogen) atoms. The average molecular weight is 482 g/mol. The van der Waals surface area contributed by atoms with Crippen LogP contribution in [0.1, 0.15) is 29.7 Å². The third-order valence-electron chi connectivity index (χ3n) is 5.87. The maximum Gasteiger partial charge on any atom is 0.266 e. The molecule has 1 fully saturated rings. The molecule has 1 aliphatic rings. The minimum atomic E-state index is -0.136. The zero-order chi connectivity index (χ0) is 23.7. The molecule has 5 rings (SSSR count). The van der Waals surface area contributed by atoms with Gasteiger partial charge in [0.25, 0.3) is 5.91 Å². The molecule has 1 aliphatic heterocycles. The van der Waals surface area contributed by atoms with Gasteiger partial charge >= 0.3 is 0 Å². The highest BCUT2D eigenvalue weighted by Crippen LogP contribution is 2.39. The van der Waals surface area contributed by atoms with Gasteiger partial charge in [-0.3, -0.25) is 9.69 Å². The van der Waals surface area contributed by atoms with Crippen molar-refractivity contribution in [2.24, 2.45) is 0 Å². The minimum absolute atomic E-state index is 0.0753. The monoisotopic (exact) mass is 481 g/mol. The molecule has 6 heteroatoms. The number of carbonyl (C=O) groups is 1. The lowest BCUT2D eigenvalue weighted by Crippen LogP contribution is -2.30. The fraction of sp³-hybridized carbons (Fsp3) is 0.107. The summed E-state index contributed by atoms with van der Waals surface area (Å²) in [5.74, 6) is -0.0753. The largest absolute Gasteiger partial charge is 0.286 e. The van der Waals surface area contributed by atoms with Gasteiger partial charge in [0.05, 0.1) is 22.3 Å². The molecular formula is C28H23N3OS2. The second-order valence-corrected chi connectivity index (χ2v) is 9.89. The number of carbonyl (C=O) groups excluding carboxylic acids is 1. The van der Waals surface area contributed by atoms with E-state index in [0.717, 1.165) is 28.1 Å². The molecule has 1 aromatic heterocycles. The van der Waals surface area contributed by atoms with Gasteiger partial charge in [-0.05, 0) is 37.6 Å². The quantitative estimate of drug-likeness (QED) is 0.232. The second-order valence-electron chi connectivity index (χ2n) is 8.22. The topological polar surface area (TPSA) is 38.1 Å². The van der Waals surface area contributed by atoms with Gasteiger partial charge in [0.15, 0.2) is 0 Å². The highest BCUT2D eigenvalue weighted by Gasteiger charge is 2.36. The molecule has 168 valence electrons. The van der Waals surface area contributed by atoms with E-state index in [4.69, 9.17) is 17.3 Å². The summed E-state index contributed by atoms with van der Waals surface area (Å²) in [6.07, 6.45) is 3.89. The summed E-state index contributed by atoms with van der Waals surface area (Å²) in [6.45, 7) is 4.07. The van der Waals surface area contributed by atoms with Crippen molar-refractivity contribution in [3.8, 4) is 16.9 Å². The number of benzene rings is 3. The Kier molecular flexibility index (Phi) is 6.18. The molecule has 2 heterocycles. The number of thioether (sulfide) groups is 1. The highest BCUT2D eigenvalue weighted by atomic mass is 32.2. The van der Waals surface area contributed by atoms with E-state index in [1.165, 1.54) is 17.3 Å². The molecular weight excluding hydrogens is 458 g/mol. The molecule has 3 aromatic carbocycles. The molecule has 4 nitrogen and oxygen atoms in total. The van der Waals surface area contributed by atoms with Crippen LogP contribution in [0.4, 0.5) is 0 Å². The van der Waals surface area contributed by atoms with Crippen molar-refractivity contribution in [3.63, 3.8) is 0 Å². The molecule has 1 saturated heterocycles. The zero-order valence-corrected chi connectivity index (χ0v) is 20.5. The molecule has 0 N–H and O–H groups in total. The summed E-state index contributed by atoms with van der Waals surface area (Å²) < 4.78 is 2.42. The van der Waals surface area contributed by atoms with Crippen molar-refractivity contribution < 1.29 is 4.79 Å². The predicted molar refractivity (Wildman–Crippen MR) is 144 cm³/mol. The normalized spacial score (nSPS) is 15.8. The van der Waals surface area contributed by atoms with Crippen LogP contribution in [0.3, 0.4) is 0 Å². The first kappa shape index (κ1) is 22.3. The van der Waals surface area contributed by atoms with E-state index in [1.807, 2.05) is 84.5 Å². The Morgan fingerprint density at radius 2 is 1.59 bits per heavy atom. The summed E-state index contributed by atoms with van der Waals surface area (Å²) in [6, 6.07) is 28.1. The lowest BCUT2D eigenvalue weighted by molar-refractivity contribution is -0.123. The van der Waals surface area contributed by atoms with Crippen LogP contribution in [0.15, 0.2) is 96.0 Å². The summed E-state index contributed by atoms with van der Waals surface area (Å²) in [5, 5.41) is 4.87. The Labute approximate surface area is 208 Å². The standard InChI is InChI=1S/C28H23N3OS2/c1-19-13-15-22(16-14-19)26-23(18-30(29-26)24-11-7-4-8-12-24)17-25-27(32)31(28(33)34-25)20(2)21-9-5-3-6-10-21/h3-18,20H,1-2H3/b25-17+/t20-/m0/s1. The van der Waals surface area contributed by atoms with Gasteiger partial charge in [0.1, 0.15) is 4.32 Å². The van der Waals surface area contributed by atoms with E-state index in [9.17, 15) is 4.79 Å². The molecule has 0 aliphatic carbocycles. The van der Waals surface area contributed by atoms with Crippen LogP contribution in [0.5, 0.6) is 0 Å². The number of thiocarbonyl (C=S) groups is 1. The van der Waals surface area contributed by atoms with Gasteiger partial charge in [-0.2, -0.15) is 5.10 Å². The fourth-order valence-electron chi connectivity index (χ4n) is 3.98. The summed E-state index contributed by atoms with van der Waals surface area (Å²) in [7, 11) is 0. The highest BCUT2D eigenvalue weighted by molar-refractivity contribution is 8.26. The van der Waals surface area contributed by atoms with Crippen LogP contribution >= 0.6 is 24.0 Å². The molecule has 4 aromatic rings. The lowest BCUT2D eigenvalue weighted by Gasteiger charge is -2.23. The first-order valence-electron chi connectivity index (χ1n) is 11.1. The smallest absolute Gasteiger partial charge is 0.266 e. The second kappa shape index (κ2) is 9.41. The molecule has 1 amide bonds. The third kappa shape index (κ3) is 4.34. The van der Waals surface area contributed by atoms with Crippen LogP contribution in [-0.4, -0.2) is 24.9 Å². The zero-order valence-electron chi connectivity index (χ0n) is 18.9. The minimum Gasteiger partial charge on any atom is -0.286 e. The van der Waals surface area contributed by atoms with Crippen molar-refractivity contribution in [1.82, 2.24) is 14.7 Å². The number of hydrogen-bond donors (Lipinski definition) is 0. The van der Waals surface area contributed by atoms with Crippen molar-refractivity contribution in [2.45, 2.75) is 19.9 Å². The number of amides is 1. The molecule has 1 atom stereocenters. The van der Waals surface area contributed by atoms with Crippen LogP contribution in [-0.2, 0) is 4.79 Å². The van der Waals surface area contributed by atoms with E-state index in [2.05, 4.69) is 31.2 Å². The SMILES string of the molecule is Cc1ccc(-c2nn(-c3ccccc3)cc2/C=C2/SC(=S)N([C@@H](C)c3ccccc3)C2=O)cc1. The Bertz CT molecular complexity index is 1380. The summed E-state index contributed by atoms with van der Waals surface area (Å²) in [4.78, 5) is 15.7. The van der Waals surface area contributed by atoms with Gasteiger partial charge in [-0.1, -0.05) is 102 Å². The van der Waals surface area contributed by atoms with E-state index in [1.54, 1.807) is 4.90 Å².